The van der Waals surface area contributed by atoms with Gasteiger partial charge in [-0.05, 0) is 34.1 Å². The molecule has 0 amide bonds. The van der Waals surface area contributed by atoms with Crippen LogP contribution in [-0.4, -0.2) is 17.1 Å². The topological polar surface area (TPSA) is 47.0 Å². The van der Waals surface area contributed by atoms with Crippen molar-refractivity contribution < 1.29 is 4.74 Å². The van der Waals surface area contributed by atoms with E-state index in [1.54, 1.807) is 25.4 Å². The predicted octanol–water partition coefficient (Wildman–Crippen LogP) is 3.64. The lowest BCUT2D eigenvalue weighted by Gasteiger charge is -2.09. The summed E-state index contributed by atoms with van der Waals surface area (Å²) in [5.74, 6) is 1.32. The highest BCUT2D eigenvalue weighted by molar-refractivity contribution is 9.10. The second kappa shape index (κ2) is 5.33. The zero-order valence-corrected chi connectivity index (χ0v) is 11.3. The number of rotatable bonds is 3. The molecule has 1 aromatic carbocycles. The Morgan fingerprint density at radius 2 is 2.24 bits per heavy atom. The number of nitrogens with one attached hydrogen (secondary N) is 1. The Hall–Kier alpha value is -1.33. The summed E-state index contributed by atoms with van der Waals surface area (Å²) in [7, 11) is 1.58. The average Bonchev–Trinajstić information content (AvgIpc) is 2.32. The molecule has 2 rings (SSSR count). The van der Waals surface area contributed by atoms with E-state index in [4.69, 9.17) is 16.3 Å². The molecule has 2 aromatic rings. The van der Waals surface area contributed by atoms with Crippen molar-refractivity contribution in [2.45, 2.75) is 0 Å². The normalized spacial score (nSPS) is 10.1. The third kappa shape index (κ3) is 2.87. The van der Waals surface area contributed by atoms with Crippen molar-refractivity contribution in [1.29, 1.82) is 0 Å². The first-order valence-corrected chi connectivity index (χ1v) is 5.94. The molecule has 0 aliphatic rings. The molecule has 0 bridgehead atoms. The molecular formula is C11H9BrClN3O. The van der Waals surface area contributed by atoms with Crippen molar-refractivity contribution >= 4 is 39.0 Å². The van der Waals surface area contributed by atoms with E-state index in [2.05, 4.69) is 31.2 Å². The monoisotopic (exact) mass is 313 g/mol. The summed E-state index contributed by atoms with van der Waals surface area (Å²) in [5.41, 5.74) is 0.829. The standard InChI is InChI=1S/C11H9BrClN3O/c1-17-10-3-2-7(4-9(10)13)16-11-8(12)5-14-6-15-11/h2-6H,1H3,(H,14,15,16). The van der Waals surface area contributed by atoms with Gasteiger partial charge in [-0.3, -0.25) is 0 Å². The zero-order valence-electron chi connectivity index (χ0n) is 8.95. The summed E-state index contributed by atoms with van der Waals surface area (Å²) in [6.45, 7) is 0. The first kappa shape index (κ1) is 12.1. The van der Waals surface area contributed by atoms with Crippen molar-refractivity contribution in [2.75, 3.05) is 12.4 Å². The van der Waals surface area contributed by atoms with Crippen LogP contribution in [0.3, 0.4) is 0 Å². The van der Waals surface area contributed by atoms with Crippen molar-refractivity contribution in [2.24, 2.45) is 0 Å². The molecular weight excluding hydrogens is 305 g/mol. The third-order valence-electron chi connectivity index (χ3n) is 2.08. The summed E-state index contributed by atoms with van der Waals surface area (Å²) < 4.78 is 5.86. The lowest BCUT2D eigenvalue weighted by atomic mass is 10.3. The van der Waals surface area contributed by atoms with Gasteiger partial charge >= 0.3 is 0 Å². The molecule has 0 saturated carbocycles. The molecule has 0 unspecified atom stereocenters. The molecule has 0 fully saturated rings. The van der Waals surface area contributed by atoms with E-state index in [0.29, 0.717) is 16.6 Å². The second-order valence-electron chi connectivity index (χ2n) is 3.19. The van der Waals surface area contributed by atoms with Crippen LogP contribution < -0.4 is 10.1 Å². The van der Waals surface area contributed by atoms with Gasteiger partial charge in [0.05, 0.1) is 16.6 Å². The van der Waals surface area contributed by atoms with Gasteiger partial charge in [-0.2, -0.15) is 0 Å². The SMILES string of the molecule is COc1ccc(Nc2ncncc2Br)cc1Cl. The van der Waals surface area contributed by atoms with Crippen LogP contribution in [-0.2, 0) is 0 Å². The van der Waals surface area contributed by atoms with Crippen LogP contribution in [0.15, 0.2) is 35.2 Å². The molecule has 6 heteroatoms. The first-order valence-electron chi connectivity index (χ1n) is 4.77. The molecule has 1 heterocycles. The van der Waals surface area contributed by atoms with Gasteiger partial charge in [0.15, 0.2) is 0 Å². The minimum Gasteiger partial charge on any atom is -0.495 e. The third-order valence-corrected chi connectivity index (χ3v) is 2.96. The van der Waals surface area contributed by atoms with Crippen molar-refractivity contribution in [3.63, 3.8) is 0 Å². The minimum absolute atomic E-state index is 0.544. The van der Waals surface area contributed by atoms with Gasteiger partial charge in [0.1, 0.15) is 17.9 Å². The van der Waals surface area contributed by atoms with E-state index < -0.39 is 0 Å². The van der Waals surface area contributed by atoms with Crippen LogP contribution >= 0.6 is 27.5 Å². The highest BCUT2D eigenvalue weighted by Gasteiger charge is 2.04. The van der Waals surface area contributed by atoms with E-state index in [1.807, 2.05) is 6.07 Å². The van der Waals surface area contributed by atoms with Crippen LogP contribution in [0, 0.1) is 0 Å². The van der Waals surface area contributed by atoms with E-state index in [-0.39, 0.29) is 0 Å². The fourth-order valence-electron chi connectivity index (χ4n) is 1.29. The van der Waals surface area contributed by atoms with Gasteiger partial charge in [-0.15, -0.1) is 0 Å². The largest absolute Gasteiger partial charge is 0.495 e. The fraction of sp³-hybridized carbons (Fsp3) is 0.0909. The number of halogens is 2. The van der Waals surface area contributed by atoms with Crippen LogP contribution in [0.2, 0.25) is 5.02 Å². The van der Waals surface area contributed by atoms with Gasteiger partial charge in [-0.25, -0.2) is 9.97 Å². The van der Waals surface area contributed by atoms with Gasteiger partial charge in [0, 0.05) is 11.9 Å². The second-order valence-corrected chi connectivity index (χ2v) is 4.46. The van der Waals surface area contributed by atoms with Crippen LogP contribution in [0.25, 0.3) is 0 Å². The summed E-state index contributed by atoms with van der Waals surface area (Å²) in [6.07, 6.45) is 3.14. The molecule has 0 aliphatic carbocycles. The van der Waals surface area contributed by atoms with Gasteiger partial charge in [0.25, 0.3) is 0 Å². The van der Waals surface area contributed by atoms with Crippen LogP contribution in [0.1, 0.15) is 0 Å². The van der Waals surface area contributed by atoms with Crippen LogP contribution in [0.4, 0.5) is 11.5 Å². The smallest absolute Gasteiger partial charge is 0.148 e. The number of benzene rings is 1. The highest BCUT2D eigenvalue weighted by atomic mass is 79.9. The summed E-state index contributed by atoms with van der Waals surface area (Å²) >= 11 is 9.38. The molecule has 0 radical (unpaired) electrons. The van der Waals surface area contributed by atoms with Gasteiger partial charge < -0.3 is 10.1 Å². The lowest BCUT2D eigenvalue weighted by Crippen LogP contribution is -1.95. The Morgan fingerprint density at radius 3 is 2.88 bits per heavy atom. The number of hydrogen-bond donors (Lipinski definition) is 1. The maximum Gasteiger partial charge on any atom is 0.148 e. The molecule has 0 aliphatic heterocycles. The van der Waals surface area contributed by atoms with E-state index in [0.717, 1.165) is 10.2 Å². The molecule has 1 aromatic heterocycles. The molecule has 4 nitrogen and oxygen atoms in total. The summed E-state index contributed by atoms with van der Waals surface area (Å²) in [4.78, 5) is 7.99. The predicted molar refractivity (Wildman–Crippen MR) is 71.0 cm³/mol. The molecule has 1 N–H and O–H groups in total. The summed E-state index contributed by atoms with van der Waals surface area (Å²) in [6, 6.07) is 5.42. The number of aromatic nitrogens is 2. The molecule has 0 atom stereocenters. The maximum absolute atomic E-state index is 6.03. The quantitative estimate of drug-likeness (QED) is 0.939. The van der Waals surface area contributed by atoms with Crippen molar-refractivity contribution in [3.8, 4) is 5.75 Å². The number of ether oxygens (including phenoxy) is 1. The Morgan fingerprint density at radius 1 is 1.41 bits per heavy atom. The first-order chi connectivity index (χ1) is 8.20. The highest BCUT2D eigenvalue weighted by Crippen LogP contribution is 2.29. The molecule has 88 valence electrons. The molecule has 0 spiro atoms. The van der Waals surface area contributed by atoms with Crippen molar-refractivity contribution in [1.82, 2.24) is 9.97 Å². The lowest BCUT2D eigenvalue weighted by molar-refractivity contribution is 0.415. The number of hydrogen-bond acceptors (Lipinski definition) is 4. The Kier molecular flexibility index (Phi) is 3.81. The van der Waals surface area contributed by atoms with Crippen molar-refractivity contribution in [3.05, 3.63) is 40.2 Å². The van der Waals surface area contributed by atoms with E-state index >= 15 is 0 Å². The number of anilines is 2. The van der Waals surface area contributed by atoms with E-state index in [9.17, 15) is 0 Å². The van der Waals surface area contributed by atoms with Gasteiger partial charge in [-0.1, -0.05) is 11.6 Å². The Balaban J connectivity index is 2.25. The van der Waals surface area contributed by atoms with E-state index in [1.165, 1.54) is 6.33 Å². The Labute approximate surface area is 112 Å². The zero-order chi connectivity index (χ0) is 12.3. The minimum atomic E-state index is 0.544. The summed E-state index contributed by atoms with van der Waals surface area (Å²) in [5, 5.41) is 3.67. The molecule has 17 heavy (non-hydrogen) atoms. The fourth-order valence-corrected chi connectivity index (χ4v) is 1.86. The average molecular weight is 315 g/mol. The number of nitrogens with zero attached hydrogens (tertiary/aromatic N) is 2. The van der Waals surface area contributed by atoms with Crippen LogP contribution in [0.5, 0.6) is 5.75 Å². The molecule has 0 saturated heterocycles. The maximum atomic E-state index is 6.03. The van der Waals surface area contributed by atoms with Gasteiger partial charge in [0.2, 0.25) is 0 Å². The number of methoxy groups -OCH3 is 1. The Bertz CT molecular complexity index is 536.